The number of nitrogens with zero attached hydrogens (tertiary/aromatic N) is 3. The van der Waals surface area contributed by atoms with E-state index in [0.29, 0.717) is 16.8 Å². The van der Waals surface area contributed by atoms with Gasteiger partial charge < -0.3 is 14.5 Å². The Labute approximate surface area is 220 Å². The minimum absolute atomic E-state index is 0.0266. The second-order valence-electron chi connectivity index (χ2n) is 9.11. The van der Waals surface area contributed by atoms with E-state index in [0.717, 1.165) is 11.1 Å². The highest BCUT2D eigenvalue weighted by Gasteiger charge is 2.72. The van der Waals surface area contributed by atoms with Gasteiger partial charge in [0, 0.05) is 6.20 Å². The van der Waals surface area contributed by atoms with E-state index in [4.69, 9.17) is 9.57 Å². The van der Waals surface area contributed by atoms with Crippen LogP contribution in [0.15, 0.2) is 95.8 Å². The van der Waals surface area contributed by atoms with Crippen LogP contribution >= 0.6 is 0 Å². The molecule has 2 aliphatic rings. The van der Waals surface area contributed by atoms with Gasteiger partial charge in [-0.3, -0.25) is 9.78 Å². The summed E-state index contributed by atoms with van der Waals surface area (Å²) in [6.07, 6.45) is 3.20. The first kappa shape index (κ1) is 25.3. The predicted octanol–water partition coefficient (Wildman–Crippen LogP) is 3.15. The fraction of sp³-hybridized carbons (Fsp3) is 0.214. The Balaban J connectivity index is 1.56. The molecule has 2 saturated heterocycles. The Hall–Kier alpha value is -4.31. The maximum Gasteiger partial charge on any atom is 0.331 e. The lowest BCUT2D eigenvalue weighted by Crippen LogP contribution is -2.59. The fourth-order valence-electron chi connectivity index (χ4n) is 4.85. The summed E-state index contributed by atoms with van der Waals surface area (Å²) in [6, 6.07) is 21.8. The second-order valence-corrected chi connectivity index (χ2v) is 11.5. The van der Waals surface area contributed by atoms with Crippen molar-refractivity contribution < 1.29 is 27.6 Å². The Morgan fingerprint density at radius 3 is 2.18 bits per heavy atom. The lowest BCUT2D eigenvalue weighted by molar-refractivity contribution is -0.160. The number of fused-ring (bicyclic) bond motifs is 1. The van der Waals surface area contributed by atoms with Crippen molar-refractivity contribution in [3.8, 4) is 0 Å². The van der Waals surface area contributed by atoms with Crippen LogP contribution in [0.25, 0.3) is 6.08 Å². The molecule has 194 valence electrons. The molecule has 5 rings (SSSR count). The van der Waals surface area contributed by atoms with Crippen molar-refractivity contribution in [1.82, 2.24) is 9.88 Å². The average molecular weight is 532 g/mol. The number of pyridine rings is 1. The molecule has 2 fully saturated rings. The van der Waals surface area contributed by atoms with E-state index in [1.54, 1.807) is 24.4 Å². The first-order chi connectivity index (χ1) is 18.3. The molecule has 1 amide bonds. The van der Waals surface area contributed by atoms with Crippen molar-refractivity contribution in [2.45, 2.75) is 29.2 Å². The van der Waals surface area contributed by atoms with E-state index >= 15 is 0 Å². The second kappa shape index (κ2) is 9.86. The van der Waals surface area contributed by atoms with Crippen molar-refractivity contribution in [3.63, 3.8) is 0 Å². The van der Waals surface area contributed by atoms with Crippen LogP contribution < -0.4 is 0 Å². The molecule has 0 N–H and O–H groups in total. The third kappa shape index (κ3) is 4.06. The number of hydrogen-bond donors (Lipinski definition) is 0. The van der Waals surface area contributed by atoms with E-state index in [1.165, 1.54) is 20.1 Å². The van der Waals surface area contributed by atoms with Gasteiger partial charge in [-0.25, -0.2) is 13.2 Å². The van der Waals surface area contributed by atoms with Gasteiger partial charge in [-0.05, 0) is 36.3 Å². The summed E-state index contributed by atoms with van der Waals surface area (Å²) >= 11 is 0. The zero-order valence-corrected chi connectivity index (χ0v) is 21.5. The largest absolute Gasteiger partial charge is 0.451 e. The van der Waals surface area contributed by atoms with Crippen molar-refractivity contribution in [1.29, 1.82) is 0 Å². The van der Waals surface area contributed by atoms with E-state index in [-0.39, 0.29) is 5.57 Å². The zero-order valence-electron chi connectivity index (χ0n) is 20.7. The number of amides is 1. The summed E-state index contributed by atoms with van der Waals surface area (Å²) in [7, 11) is -2.92. The van der Waals surface area contributed by atoms with Crippen LogP contribution in [-0.4, -0.2) is 59.7 Å². The van der Waals surface area contributed by atoms with Crippen molar-refractivity contribution in [2.75, 3.05) is 7.11 Å². The molecule has 2 aliphatic heterocycles. The molecule has 1 aromatic heterocycles. The van der Waals surface area contributed by atoms with Crippen LogP contribution in [0, 0.1) is 0 Å². The number of aromatic nitrogens is 1. The van der Waals surface area contributed by atoms with Crippen LogP contribution in [0.3, 0.4) is 0 Å². The van der Waals surface area contributed by atoms with E-state index < -0.39 is 44.0 Å². The number of rotatable bonds is 7. The molecule has 0 unspecified atom stereocenters. The molecule has 0 radical (unpaired) electrons. The summed E-state index contributed by atoms with van der Waals surface area (Å²) in [4.78, 5) is 37.2. The first-order valence-electron chi connectivity index (χ1n) is 11.9. The van der Waals surface area contributed by atoms with Crippen molar-refractivity contribution in [2.24, 2.45) is 5.16 Å². The Morgan fingerprint density at radius 1 is 1.03 bits per heavy atom. The van der Waals surface area contributed by atoms with Crippen molar-refractivity contribution in [3.05, 3.63) is 107 Å². The minimum atomic E-state index is -4.18. The van der Waals surface area contributed by atoms with Gasteiger partial charge in [0.15, 0.2) is 27.4 Å². The van der Waals surface area contributed by atoms with Gasteiger partial charge in [0.25, 0.3) is 5.91 Å². The topological polar surface area (TPSA) is 115 Å². The summed E-state index contributed by atoms with van der Waals surface area (Å²) in [5.74, 6) is -1.46. The Morgan fingerprint density at radius 2 is 1.63 bits per heavy atom. The van der Waals surface area contributed by atoms with Crippen LogP contribution in [-0.2, 0) is 29.0 Å². The highest BCUT2D eigenvalue weighted by atomic mass is 32.2. The van der Waals surface area contributed by atoms with Gasteiger partial charge >= 0.3 is 5.97 Å². The molecule has 0 saturated carbocycles. The molecule has 2 aromatic carbocycles. The fourth-order valence-corrected chi connectivity index (χ4v) is 7.07. The van der Waals surface area contributed by atoms with Gasteiger partial charge in [0.1, 0.15) is 11.9 Å². The number of sulfone groups is 1. The maximum absolute atomic E-state index is 13.9. The maximum atomic E-state index is 13.9. The highest BCUT2D eigenvalue weighted by molar-refractivity contribution is 7.94. The molecule has 38 heavy (non-hydrogen) atoms. The summed E-state index contributed by atoms with van der Waals surface area (Å²) in [5.41, 5.74) is 1.85. The van der Waals surface area contributed by atoms with Crippen LogP contribution in [0.1, 0.15) is 29.8 Å². The number of carbonyl (C=O) groups excluding carboxylic acids is 2. The number of benzene rings is 2. The molecular formula is C28H25N3O6S. The van der Waals surface area contributed by atoms with Gasteiger partial charge in [-0.2, -0.15) is 0 Å². The first-order valence-corrected chi connectivity index (χ1v) is 13.4. The van der Waals surface area contributed by atoms with Crippen LogP contribution in [0.5, 0.6) is 0 Å². The standard InChI is InChI=1S/C28H25N3O6S/c1-28(18-30-36-2)24(27(33)37-23(19-11-5-3-6-12-19)20-13-7-4-8-14-20)31-25(32)22(26(31)38(28,34)35)17-21-15-9-10-16-29-21/h3-18,23-24,26H,1-2H3/b22-17-,30-18+/t24-,26+,28-/m0/s1. The predicted molar refractivity (Wildman–Crippen MR) is 140 cm³/mol. The SMILES string of the molecule is CO/N=C/[C@@]1(C)[C@H](C(=O)OC(c2ccccc2)c2ccccc2)N2C(=O)/C(=C/c3ccccn3)[C@H]2S1(=O)=O. The number of esters is 1. The molecule has 0 aliphatic carbocycles. The Bertz CT molecular complexity index is 1470. The smallest absolute Gasteiger partial charge is 0.331 e. The summed E-state index contributed by atoms with van der Waals surface area (Å²) < 4.78 is 31.8. The lowest BCUT2D eigenvalue weighted by Gasteiger charge is -2.38. The molecule has 0 bridgehead atoms. The number of hydrogen-bond acceptors (Lipinski definition) is 8. The molecule has 10 heteroatoms. The molecule has 3 atom stereocenters. The number of ether oxygens (including phenoxy) is 1. The third-order valence-corrected chi connectivity index (χ3v) is 9.42. The van der Waals surface area contributed by atoms with Gasteiger partial charge in [0.05, 0.1) is 17.5 Å². The monoisotopic (exact) mass is 531 g/mol. The van der Waals surface area contributed by atoms with Crippen LogP contribution in [0.2, 0.25) is 0 Å². The molecule has 9 nitrogen and oxygen atoms in total. The number of β-lactam (4-membered cyclic amide) rings is 1. The minimum Gasteiger partial charge on any atom is -0.451 e. The number of carbonyl (C=O) groups is 2. The van der Waals surface area contributed by atoms with E-state index in [9.17, 15) is 18.0 Å². The molecule has 3 heterocycles. The quantitative estimate of drug-likeness (QED) is 0.151. The normalized spacial score (nSPS) is 24.9. The molecular weight excluding hydrogens is 506 g/mol. The molecule has 0 spiro atoms. The number of oxime groups is 1. The molecule has 3 aromatic rings. The Kier molecular flexibility index (Phi) is 6.58. The van der Waals surface area contributed by atoms with E-state index in [1.807, 2.05) is 60.7 Å². The zero-order chi connectivity index (χ0) is 26.9. The third-order valence-electron chi connectivity index (χ3n) is 6.80. The van der Waals surface area contributed by atoms with Crippen LogP contribution in [0.4, 0.5) is 0 Å². The summed E-state index contributed by atoms with van der Waals surface area (Å²) in [6.45, 7) is 1.35. The lowest BCUT2D eigenvalue weighted by atomic mass is 9.94. The summed E-state index contributed by atoms with van der Waals surface area (Å²) in [5, 5.41) is 2.35. The van der Waals surface area contributed by atoms with Gasteiger partial charge in [-0.1, -0.05) is 71.9 Å². The highest BCUT2D eigenvalue weighted by Crippen LogP contribution is 2.49. The van der Waals surface area contributed by atoms with Gasteiger partial charge in [-0.15, -0.1) is 0 Å². The average Bonchev–Trinajstić information content (AvgIpc) is 3.10. The van der Waals surface area contributed by atoms with E-state index in [2.05, 4.69) is 10.1 Å². The van der Waals surface area contributed by atoms with Crippen molar-refractivity contribution >= 4 is 34.0 Å². The van der Waals surface area contributed by atoms with Gasteiger partial charge in [0.2, 0.25) is 0 Å².